The fourth-order valence-electron chi connectivity index (χ4n) is 4.07. The van der Waals surface area contributed by atoms with Gasteiger partial charge in [-0.2, -0.15) is 0 Å². The standard InChI is InChI=1S/C20H24N2/c1-2-8-16(9-3-1)14-21-20-18-11-5-4-10-17(18)15-22-13-7-6-12-19(20)22/h1-5,8-11,19-21H,6-7,12-15H2. The van der Waals surface area contributed by atoms with Gasteiger partial charge in [-0.25, -0.2) is 0 Å². The smallest absolute Gasteiger partial charge is 0.0484 e. The van der Waals surface area contributed by atoms with Gasteiger partial charge in [0.25, 0.3) is 0 Å². The second-order valence-corrected chi connectivity index (χ2v) is 6.58. The van der Waals surface area contributed by atoms with Gasteiger partial charge in [0.2, 0.25) is 0 Å². The molecule has 2 heteroatoms. The van der Waals surface area contributed by atoms with Gasteiger partial charge in [-0.05, 0) is 36.1 Å². The zero-order valence-corrected chi connectivity index (χ0v) is 13.0. The zero-order valence-electron chi connectivity index (χ0n) is 13.0. The number of piperidine rings is 1. The Kier molecular flexibility index (Phi) is 3.96. The van der Waals surface area contributed by atoms with Crippen molar-refractivity contribution in [3.8, 4) is 0 Å². The predicted octanol–water partition coefficient (Wildman–Crippen LogP) is 3.89. The Labute approximate surface area is 133 Å². The first-order valence-corrected chi connectivity index (χ1v) is 8.51. The molecule has 2 aromatic rings. The van der Waals surface area contributed by atoms with Crippen molar-refractivity contribution in [2.24, 2.45) is 0 Å². The van der Waals surface area contributed by atoms with Gasteiger partial charge < -0.3 is 5.32 Å². The Bertz CT molecular complexity index is 623. The summed E-state index contributed by atoms with van der Waals surface area (Å²) in [6.45, 7) is 3.33. The molecule has 2 nitrogen and oxygen atoms in total. The molecule has 0 amide bonds. The van der Waals surface area contributed by atoms with E-state index in [0.717, 1.165) is 13.1 Å². The molecule has 1 N–H and O–H groups in total. The molecular weight excluding hydrogens is 268 g/mol. The highest BCUT2D eigenvalue weighted by Gasteiger charge is 2.35. The minimum Gasteiger partial charge on any atom is -0.304 e. The molecule has 2 atom stereocenters. The zero-order chi connectivity index (χ0) is 14.8. The van der Waals surface area contributed by atoms with Crippen molar-refractivity contribution >= 4 is 0 Å². The summed E-state index contributed by atoms with van der Waals surface area (Å²) in [7, 11) is 0. The van der Waals surface area contributed by atoms with Crippen LogP contribution in [0, 0.1) is 0 Å². The van der Waals surface area contributed by atoms with Gasteiger partial charge in [-0.3, -0.25) is 4.90 Å². The minimum atomic E-state index is 0.463. The summed E-state index contributed by atoms with van der Waals surface area (Å²) in [6, 6.07) is 20.9. The highest BCUT2D eigenvalue weighted by atomic mass is 15.2. The topological polar surface area (TPSA) is 15.3 Å². The molecule has 114 valence electrons. The summed E-state index contributed by atoms with van der Waals surface area (Å²) in [5.41, 5.74) is 4.39. The highest BCUT2D eigenvalue weighted by molar-refractivity contribution is 5.34. The van der Waals surface area contributed by atoms with Crippen LogP contribution < -0.4 is 5.32 Å². The van der Waals surface area contributed by atoms with Crippen LogP contribution in [0.4, 0.5) is 0 Å². The Morgan fingerprint density at radius 2 is 1.77 bits per heavy atom. The fourth-order valence-corrected chi connectivity index (χ4v) is 4.07. The third-order valence-electron chi connectivity index (χ3n) is 5.18. The number of benzene rings is 2. The largest absolute Gasteiger partial charge is 0.304 e. The molecule has 2 unspecified atom stereocenters. The lowest BCUT2D eigenvalue weighted by Gasteiger charge is -2.45. The first kappa shape index (κ1) is 14.0. The number of rotatable bonds is 3. The minimum absolute atomic E-state index is 0.463. The number of hydrogen-bond acceptors (Lipinski definition) is 2. The van der Waals surface area contributed by atoms with Gasteiger partial charge >= 0.3 is 0 Å². The van der Waals surface area contributed by atoms with Crippen LogP contribution in [0.2, 0.25) is 0 Å². The molecule has 2 heterocycles. The van der Waals surface area contributed by atoms with Crippen LogP contribution in [-0.2, 0) is 13.1 Å². The molecule has 2 aliphatic rings. The molecule has 2 aliphatic heterocycles. The van der Waals surface area contributed by atoms with Gasteiger partial charge in [0.1, 0.15) is 0 Å². The van der Waals surface area contributed by atoms with Crippen LogP contribution in [0.1, 0.15) is 42.0 Å². The molecular formula is C20H24N2. The molecule has 0 spiro atoms. The van der Waals surface area contributed by atoms with Gasteiger partial charge in [0, 0.05) is 25.2 Å². The van der Waals surface area contributed by atoms with E-state index in [-0.39, 0.29) is 0 Å². The maximum Gasteiger partial charge on any atom is 0.0484 e. The van der Waals surface area contributed by atoms with Crippen molar-refractivity contribution < 1.29 is 0 Å². The maximum atomic E-state index is 3.85. The summed E-state index contributed by atoms with van der Waals surface area (Å²) in [5.74, 6) is 0. The van der Waals surface area contributed by atoms with Crippen molar-refractivity contribution in [2.45, 2.75) is 44.4 Å². The van der Waals surface area contributed by atoms with E-state index in [2.05, 4.69) is 64.8 Å². The second-order valence-electron chi connectivity index (χ2n) is 6.58. The van der Waals surface area contributed by atoms with Crippen molar-refractivity contribution in [3.63, 3.8) is 0 Å². The van der Waals surface area contributed by atoms with Crippen LogP contribution in [-0.4, -0.2) is 17.5 Å². The summed E-state index contributed by atoms with van der Waals surface area (Å²) < 4.78 is 0. The van der Waals surface area contributed by atoms with Crippen molar-refractivity contribution in [2.75, 3.05) is 6.54 Å². The van der Waals surface area contributed by atoms with E-state index < -0.39 is 0 Å². The summed E-state index contributed by atoms with van der Waals surface area (Å²) in [5, 5.41) is 3.85. The van der Waals surface area contributed by atoms with E-state index in [1.807, 2.05) is 0 Å². The van der Waals surface area contributed by atoms with Crippen molar-refractivity contribution in [1.82, 2.24) is 10.2 Å². The van der Waals surface area contributed by atoms with Crippen molar-refractivity contribution in [3.05, 3.63) is 71.3 Å². The molecule has 0 saturated carbocycles. The van der Waals surface area contributed by atoms with Gasteiger partial charge in [-0.15, -0.1) is 0 Å². The lowest BCUT2D eigenvalue weighted by Crippen LogP contribution is -2.50. The number of nitrogens with one attached hydrogen (secondary N) is 1. The monoisotopic (exact) mass is 292 g/mol. The third-order valence-corrected chi connectivity index (χ3v) is 5.18. The lowest BCUT2D eigenvalue weighted by atomic mass is 9.84. The second kappa shape index (κ2) is 6.23. The Balaban J connectivity index is 1.59. The van der Waals surface area contributed by atoms with Crippen LogP contribution in [0.25, 0.3) is 0 Å². The molecule has 1 fully saturated rings. The van der Waals surface area contributed by atoms with E-state index >= 15 is 0 Å². The molecule has 1 saturated heterocycles. The molecule has 0 bridgehead atoms. The van der Waals surface area contributed by atoms with E-state index in [1.165, 1.54) is 42.5 Å². The Hall–Kier alpha value is -1.64. The van der Waals surface area contributed by atoms with Gasteiger partial charge in [0.15, 0.2) is 0 Å². The van der Waals surface area contributed by atoms with Crippen LogP contribution in [0.5, 0.6) is 0 Å². The van der Waals surface area contributed by atoms with Crippen molar-refractivity contribution in [1.29, 1.82) is 0 Å². The van der Waals surface area contributed by atoms with Crippen LogP contribution >= 0.6 is 0 Å². The van der Waals surface area contributed by atoms with E-state index in [0.29, 0.717) is 12.1 Å². The van der Waals surface area contributed by atoms with Crippen LogP contribution in [0.3, 0.4) is 0 Å². The predicted molar refractivity (Wildman–Crippen MR) is 90.5 cm³/mol. The average Bonchev–Trinajstić information content (AvgIpc) is 2.59. The van der Waals surface area contributed by atoms with Gasteiger partial charge in [0.05, 0.1) is 0 Å². The third kappa shape index (κ3) is 2.69. The number of hydrogen-bond donors (Lipinski definition) is 1. The molecule has 22 heavy (non-hydrogen) atoms. The summed E-state index contributed by atoms with van der Waals surface area (Å²) in [4.78, 5) is 2.69. The number of nitrogens with zero attached hydrogens (tertiary/aromatic N) is 1. The number of fused-ring (bicyclic) bond motifs is 2. The quantitative estimate of drug-likeness (QED) is 0.923. The SMILES string of the molecule is c1ccc(CNC2c3ccccc3CN3CCCCC23)cc1. The normalized spacial score (nSPS) is 24.5. The highest BCUT2D eigenvalue weighted by Crippen LogP contribution is 2.36. The Morgan fingerprint density at radius 1 is 0.955 bits per heavy atom. The average molecular weight is 292 g/mol. The van der Waals surface area contributed by atoms with E-state index in [9.17, 15) is 0 Å². The van der Waals surface area contributed by atoms with Gasteiger partial charge in [-0.1, -0.05) is 61.0 Å². The van der Waals surface area contributed by atoms with Crippen LogP contribution in [0.15, 0.2) is 54.6 Å². The molecule has 2 aromatic carbocycles. The maximum absolute atomic E-state index is 3.85. The molecule has 0 aliphatic carbocycles. The van der Waals surface area contributed by atoms with E-state index in [1.54, 1.807) is 0 Å². The molecule has 0 radical (unpaired) electrons. The Morgan fingerprint density at radius 3 is 2.68 bits per heavy atom. The summed E-state index contributed by atoms with van der Waals surface area (Å²) in [6.07, 6.45) is 4.04. The summed E-state index contributed by atoms with van der Waals surface area (Å²) >= 11 is 0. The van der Waals surface area contributed by atoms with E-state index in [4.69, 9.17) is 0 Å². The first-order valence-electron chi connectivity index (χ1n) is 8.51. The first-order chi connectivity index (χ1) is 10.9. The fraction of sp³-hybridized carbons (Fsp3) is 0.400. The molecule has 4 rings (SSSR count). The molecule has 0 aromatic heterocycles. The lowest BCUT2D eigenvalue weighted by molar-refractivity contribution is 0.0911.